The number of urea groups is 1. The van der Waals surface area contributed by atoms with Gasteiger partial charge in [-0.2, -0.15) is 0 Å². The molecule has 0 atom stereocenters. The molecule has 0 aromatic heterocycles. The number of barbiturate groups is 1. The van der Waals surface area contributed by atoms with Gasteiger partial charge < -0.3 is 9.47 Å². The molecular formula is C24H15N5O11. The second-order valence-electron chi connectivity index (χ2n) is 7.91. The Balaban J connectivity index is 1.66. The summed E-state index contributed by atoms with van der Waals surface area (Å²) in [5, 5.41) is 35.3. The van der Waals surface area contributed by atoms with Crippen molar-refractivity contribution in [2.75, 3.05) is 12.0 Å². The van der Waals surface area contributed by atoms with Crippen molar-refractivity contribution in [2.24, 2.45) is 0 Å². The SMILES string of the molecule is COc1cc(/C=C2\C(=O)NC(=O)N(c3ccc([N+](=O)[O-])cc3)C2=O)ccc1Oc1ccc([N+](=O)[O-])cc1[N+](=O)[O-]. The van der Waals surface area contributed by atoms with Crippen molar-refractivity contribution in [1.29, 1.82) is 0 Å². The van der Waals surface area contributed by atoms with Gasteiger partial charge in [0, 0.05) is 18.2 Å². The van der Waals surface area contributed by atoms with Gasteiger partial charge in [0.05, 0.1) is 33.6 Å². The molecular weight excluding hydrogens is 534 g/mol. The van der Waals surface area contributed by atoms with E-state index >= 15 is 0 Å². The molecule has 1 aliphatic heterocycles. The van der Waals surface area contributed by atoms with Crippen LogP contribution in [0.15, 0.2) is 66.2 Å². The first kappa shape index (κ1) is 26.9. The number of anilines is 1. The summed E-state index contributed by atoms with van der Waals surface area (Å²) in [6.45, 7) is 0. The standard InChI is InChI=1S/C24H15N5O11/c1-39-21-11-13(2-8-20(21)40-19-9-7-16(28(35)36)12-18(19)29(37)38)10-17-22(30)25-24(32)26(23(17)31)14-3-5-15(6-4-14)27(33)34/h2-12H,1H3,(H,25,30,32)/b17-10+. The number of methoxy groups -OCH3 is 1. The van der Waals surface area contributed by atoms with Gasteiger partial charge in [-0.25, -0.2) is 9.69 Å². The molecule has 1 aliphatic rings. The van der Waals surface area contributed by atoms with Gasteiger partial charge in [-0.3, -0.25) is 45.2 Å². The Labute approximate surface area is 222 Å². The Morgan fingerprint density at radius 3 is 2.00 bits per heavy atom. The molecule has 0 aliphatic carbocycles. The summed E-state index contributed by atoms with van der Waals surface area (Å²) in [6.07, 6.45) is 1.16. The minimum absolute atomic E-state index is 0.0162. The average molecular weight is 549 g/mol. The lowest BCUT2D eigenvalue weighted by Crippen LogP contribution is -2.54. The first-order valence-electron chi connectivity index (χ1n) is 10.9. The third-order valence-corrected chi connectivity index (χ3v) is 5.49. The first-order chi connectivity index (χ1) is 19.0. The van der Waals surface area contributed by atoms with Gasteiger partial charge in [-0.15, -0.1) is 0 Å². The Kier molecular flexibility index (Phi) is 7.16. The fraction of sp³-hybridized carbons (Fsp3) is 0.0417. The zero-order chi connectivity index (χ0) is 29.1. The third kappa shape index (κ3) is 5.25. The molecule has 0 radical (unpaired) electrons. The third-order valence-electron chi connectivity index (χ3n) is 5.49. The van der Waals surface area contributed by atoms with E-state index in [1.807, 2.05) is 5.32 Å². The van der Waals surface area contributed by atoms with Crippen LogP contribution in [-0.2, 0) is 9.59 Å². The van der Waals surface area contributed by atoms with Crippen molar-refractivity contribution in [3.63, 3.8) is 0 Å². The van der Waals surface area contributed by atoms with E-state index in [4.69, 9.17) is 9.47 Å². The lowest BCUT2D eigenvalue weighted by molar-refractivity contribution is -0.394. The number of amides is 4. The number of hydrogen-bond donors (Lipinski definition) is 1. The lowest BCUT2D eigenvalue weighted by Gasteiger charge is -2.26. The van der Waals surface area contributed by atoms with Gasteiger partial charge in [0.15, 0.2) is 11.5 Å². The van der Waals surface area contributed by atoms with Crippen LogP contribution in [0, 0.1) is 30.3 Å². The molecule has 16 heteroatoms. The number of nitrogens with one attached hydrogen (secondary N) is 1. The van der Waals surface area contributed by atoms with Crippen LogP contribution < -0.4 is 19.7 Å². The number of ether oxygens (including phenoxy) is 2. The summed E-state index contributed by atoms with van der Waals surface area (Å²) in [7, 11) is 1.26. The highest BCUT2D eigenvalue weighted by molar-refractivity contribution is 6.39. The molecule has 4 rings (SSSR count). The van der Waals surface area contributed by atoms with Crippen molar-refractivity contribution in [3.8, 4) is 17.2 Å². The highest BCUT2D eigenvalue weighted by atomic mass is 16.6. The minimum Gasteiger partial charge on any atom is -0.493 e. The zero-order valence-corrected chi connectivity index (χ0v) is 20.1. The molecule has 1 fully saturated rings. The van der Waals surface area contributed by atoms with Gasteiger partial charge in [0.1, 0.15) is 5.57 Å². The predicted octanol–water partition coefficient (Wildman–Crippen LogP) is 3.88. The second-order valence-corrected chi connectivity index (χ2v) is 7.91. The van der Waals surface area contributed by atoms with Gasteiger partial charge in [-0.1, -0.05) is 6.07 Å². The van der Waals surface area contributed by atoms with E-state index < -0.39 is 49.6 Å². The quantitative estimate of drug-likeness (QED) is 0.184. The summed E-state index contributed by atoms with van der Waals surface area (Å²) in [4.78, 5) is 69.6. The van der Waals surface area contributed by atoms with Crippen LogP contribution in [0.5, 0.6) is 17.2 Å². The molecule has 40 heavy (non-hydrogen) atoms. The van der Waals surface area contributed by atoms with Crippen molar-refractivity contribution in [1.82, 2.24) is 5.32 Å². The number of nitro groups is 3. The predicted molar refractivity (Wildman–Crippen MR) is 135 cm³/mol. The van der Waals surface area contributed by atoms with Crippen LogP contribution in [0.1, 0.15) is 5.56 Å². The highest BCUT2D eigenvalue weighted by Gasteiger charge is 2.37. The molecule has 1 saturated heterocycles. The van der Waals surface area contributed by atoms with Gasteiger partial charge in [0.25, 0.3) is 23.2 Å². The largest absolute Gasteiger partial charge is 0.493 e. The molecule has 0 spiro atoms. The van der Waals surface area contributed by atoms with Crippen LogP contribution in [-0.4, -0.2) is 39.7 Å². The molecule has 4 amide bonds. The smallest absolute Gasteiger partial charge is 0.335 e. The minimum atomic E-state index is -1.05. The van der Waals surface area contributed by atoms with E-state index in [1.54, 1.807) is 0 Å². The van der Waals surface area contributed by atoms with Gasteiger partial charge in [0.2, 0.25) is 5.75 Å². The molecule has 3 aromatic carbocycles. The maximum atomic E-state index is 13.1. The van der Waals surface area contributed by atoms with Gasteiger partial charge in [-0.05, 0) is 42.0 Å². The van der Waals surface area contributed by atoms with E-state index in [2.05, 4.69) is 0 Å². The number of rotatable bonds is 8. The molecule has 0 unspecified atom stereocenters. The summed E-state index contributed by atoms with van der Waals surface area (Å²) in [5.41, 5.74) is -1.67. The molecule has 0 bridgehead atoms. The number of nitrogens with zero attached hydrogens (tertiary/aromatic N) is 4. The van der Waals surface area contributed by atoms with Crippen LogP contribution in [0.3, 0.4) is 0 Å². The zero-order valence-electron chi connectivity index (χ0n) is 20.1. The normalized spacial score (nSPS) is 14.1. The highest BCUT2D eigenvalue weighted by Crippen LogP contribution is 2.38. The van der Waals surface area contributed by atoms with E-state index in [1.165, 1.54) is 37.4 Å². The Bertz CT molecular complexity index is 1630. The van der Waals surface area contributed by atoms with E-state index in [0.717, 1.165) is 36.4 Å². The van der Waals surface area contributed by atoms with Crippen LogP contribution >= 0.6 is 0 Å². The average Bonchev–Trinajstić information content (AvgIpc) is 2.91. The van der Waals surface area contributed by atoms with E-state index in [0.29, 0.717) is 4.90 Å². The molecule has 3 aromatic rings. The summed E-state index contributed by atoms with van der Waals surface area (Å²) in [5.74, 6) is -2.30. The van der Waals surface area contributed by atoms with E-state index in [-0.39, 0.29) is 34.2 Å². The number of carbonyl (C=O) groups is 3. The topological polar surface area (TPSA) is 214 Å². The van der Waals surface area contributed by atoms with E-state index in [9.17, 15) is 44.7 Å². The molecule has 202 valence electrons. The number of imide groups is 2. The number of hydrogen-bond acceptors (Lipinski definition) is 11. The number of benzene rings is 3. The number of nitro benzene ring substituents is 3. The maximum absolute atomic E-state index is 13.1. The molecule has 1 heterocycles. The van der Waals surface area contributed by atoms with Crippen molar-refractivity contribution < 1.29 is 38.6 Å². The Morgan fingerprint density at radius 1 is 0.775 bits per heavy atom. The van der Waals surface area contributed by atoms with Crippen molar-refractivity contribution in [3.05, 3.63) is 102 Å². The summed E-state index contributed by atoms with van der Waals surface area (Å²) < 4.78 is 10.8. The Hall–Kier alpha value is -6.19. The fourth-order valence-electron chi connectivity index (χ4n) is 3.61. The van der Waals surface area contributed by atoms with Crippen molar-refractivity contribution in [2.45, 2.75) is 0 Å². The van der Waals surface area contributed by atoms with Gasteiger partial charge >= 0.3 is 11.7 Å². The number of carbonyl (C=O) groups excluding carboxylic acids is 3. The molecule has 16 nitrogen and oxygen atoms in total. The first-order valence-corrected chi connectivity index (χ1v) is 10.9. The van der Waals surface area contributed by atoms with Crippen LogP contribution in [0.2, 0.25) is 0 Å². The molecule has 1 N–H and O–H groups in total. The summed E-state index contributed by atoms with van der Waals surface area (Å²) >= 11 is 0. The maximum Gasteiger partial charge on any atom is 0.335 e. The fourth-order valence-corrected chi connectivity index (χ4v) is 3.61. The monoisotopic (exact) mass is 549 g/mol. The molecule has 0 saturated carbocycles. The second kappa shape index (κ2) is 10.7. The van der Waals surface area contributed by atoms with Crippen LogP contribution in [0.4, 0.5) is 27.5 Å². The lowest BCUT2D eigenvalue weighted by atomic mass is 10.1. The van der Waals surface area contributed by atoms with Crippen molar-refractivity contribution >= 4 is 46.7 Å². The van der Waals surface area contributed by atoms with Crippen LogP contribution in [0.25, 0.3) is 6.08 Å². The Morgan fingerprint density at radius 2 is 1.40 bits per heavy atom. The number of non-ortho nitro benzene ring substituents is 2. The summed E-state index contributed by atoms with van der Waals surface area (Å²) in [6, 6.07) is 10.4.